The van der Waals surface area contributed by atoms with Crippen molar-refractivity contribution < 1.29 is 22.6 Å². The van der Waals surface area contributed by atoms with Gasteiger partial charge in [0.1, 0.15) is 5.75 Å². The Labute approximate surface area is 120 Å². The Hall–Kier alpha value is -2.37. The first-order valence-electron chi connectivity index (χ1n) is 6.30. The van der Waals surface area contributed by atoms with E-state index in [-0.39, 0.29) is 11.4 Å². The summed E-state index contributed by atoms with van der Waals surface area (Å²) >= 11 is 0. The Morgan fingerprint density at radius 1 is 1.10 bits per heavy atom. The number of halogens is 3. The van der Waals surface area contributed by atoms with E-state index in [9.17, 15) is 13.2 Å². The highest BCUT2D eigenvalue weighted by atomic mass is 19.3. The fraction of sp³-hybridized carbons (Fsp3) is 0.200. The summed E-state index contributed by atoms with van der Waals surface area (Å²) in [5, 5.41) is 0. The summed E-state index contributed by atoms with van der Waals surface area (Å²) in [5.41, 5.74) is 6.57. The van der Waals surface area contributed by atoms with Gasteiger partial charge in [0.05, 0.1) is 5.69 Å². The Morgan fingerprint density at radius 2 is 1.81 bits per heavy atom. The molecular weight excluding hydrogens is 283 g/mol. The molecule has 2 N–H and O–H groups in total. The Kier molecular flexibility index (Phi) is 4.57. The van der Waals surface area contributed by atoms with Crippen LogP contribution in [0, 0.1) is 5.82 Å². The molecule has 2 aromatic rings. The van der Waals surface area contributed by atoms with Crippen molar-refractivity contribution in [1.29, 1.82) is 0 Å². The molecule has 0 spiro atoms. The lowest BCUT2D eigenvalue weighted by Crippen LogP contribution is -2.05. The van der Waals surface area contributed by atoms with Crippen LogP contribution in [0.25, 0.3) is 0 Å². The molecule has 0 radical (unpaired) electrons. The van der Waals surface area contributed by atoms with Crippen molar-refractivity contribution in [2.75, 3.05) is 5.73 Å². The molecule has 0 bridgehead atoms. The highest BCUT2D eigenvalue weighted by Gasteiger charge is 2.15. The standard InChI is InChI=1S/C15H14F3NO2/c1-2-9-5-3-4-6-12(9)20-14-8-13(21-15(17)18)10(16)7-11(14)19/h3-8,15H,2,19H2,1H3. The number of anilines is 1. The van der Waals surface area contributed by atoms with Gasteiger partial charge in [-0.05, 0) is 18.1 Å². The second-order valence-electron chi connectivity index (χ2n) is 4.26. The zero-order chi connectivity index (χ0) is 15.4. The maximum Gasteiger partial charge on any atom is 0.387 e. The van der Waals surface area contributed by atoms with E-state index in [0.717, 1.165) is 24.1 Å². The molecule has 0 aromatic heterocycles. The summed E-state index contributed by atoms with van der Waals surface area (Å²) < 4.78 is 47.6. The van der Waals surface area contributed by atoms with Gasteiger partial charge in [-0.25, -0.2) is 4.39 Å². The van der Waals surface area contributed by atoms with Gasteiger partial charge in [0.25, 0.3) is 0 Å². The highest BCUT2D eigenvalue weighted by Crippen LogP contribution is 2.35. The lowest BCUT2D eigenvalue weighted by molar-refractivity contribution is -0.0522. The minimum atomic E-state index is -3.13. The molecule has 6 heteroatoms. The first kappa shape index (κ1) is 15.0. The second kappa shape index (κ2) is 6.39. The van der Waals surface area contributed by atoms with Gasteiger partial charge in [0, 0.05) is 12.1 Å². The second-order valence-corrected chi connectivity index (χ2v) is 4.26. The molecule has 112 valence electrons. The van der Waals surface area contributed by atoms with E-state index in [4.69, 9.17) is 10.5 Å². The fourth-order valence-corrected chi connectivity index (χ4v) is 1.84. The molecule has 0 aliphatic carbocycles. The van der Waals surface area contributed by atoms with Gasteiger partial charge in [0.2, 0.25) is 0 Å². The summed E-state index contributed by atoms with van der Waals surface area (Å²) in [6.45, 7) is -1.18. The van der Waals surface area contributed by atoms with Gasteiger partial charge in [-0.3, -0.25) is 0 Å². The predicted molar refractivity (Wildman–Crippen MR) is 73.3 cm³/mol. The fourth-order valence-electron chi connectivity index (χ4n) is 1.84. The van der Waals surface area contributed by atoms with E-state index in [0.29, 0.717) is 5.75 Å². The number of benzene rings is 2. The van der Waals surface area contributed by atoms with E-state index in [2.05, 4.69) is 4.74 Å². The molecule has 0 saturated carbocycles. The van der Waals surface area contributed by atoms with E-state index in [1.165, 1.54) is 0 Å². The van der Waals surface area contributed by atoms with Crippen LogP contribution in [0.3, 0.4) is 0 Å². The van der Waals surface area contributed by atoms with E-state index in [1.807, 2.05) is 19.1 Å². The molecule has 2 aromatic carbocycles. The van der Waals surface area contributed by atoms with Crippen LogP contribution in [0.5, 0.6) is 17.2 Å². The Morgan fingerprint density at radius 3 is 2.48 bits per heavy atom. The number of nitrogen functional groups attached to an aromatic ring is 1. The van der Waals surface area contributed by atoms with Crippen molar-refractivity contribution in [3.63, 3.8) is 0 Å². The molecule has 0 aliphatic heterocycles. The van der Waals surface area contributed by atoms with Crippen LogP contribution >= 0.6 is 0 Å². The average Bonchev–Trinajstić information content (AvgIpc) is 2.44. The van der Waals surface area contributed by atoms with Gasteiger partial charge in [-0.2, -0.15) is 8.78 Å². The lowest BCUT2D eigenvalue weighted by atomic mass is 10.1. The van der Waals surface area contributed by atoms with Crippen LogP contribution < -0.4 is 15.2 Å². The molecule has 2 rings (SSSR count). The molecule has 21 heavy (non-hydrogen) atoms. The van der Waals surface area contributed by atoms with Gasteiger partial charge in [-0.1, -0.05) is 25.1 Å². The normalized spacial score (nSPS) is 10.7. The van der Waals surface area contributed by atoms with Gasteiger partial charge in [0.15, 0.2) is 17.3 Å². The number of aryl methyl sites for hydroxylation is 1. The highest BCUT2D eigenvalue weighted by molar-refractivity contribution is 5.58. The van der Waals surface area contributed by atoms with Crippen molar-refractivity contribution in [2.24, 2.45) is 0 Å². The number of rotatable bonds is 5. The smallest absolute Gasteiger partial charge is 0.387 e. The number of para-hydroxylation sites is 1. The molecule has 3 nitrogen and oxygen atoms in total. The average molecular weight is 297 g/mol. The van der Waals surface area contributed by atoms with E-state index >= 15 is 0 Å². The summed E-state index contributed by atoms with van der Waals surface area (Å²) in [4.78, 5) is 0. The van der Waals surface area contributed by atoms with Crippen LogP contribution in [-0.2, 0) is 6.42 Å². The minimum absolute atomic E-state index is 0.0000208. The summed E-state index contributed by atoms with van der Waals surface area (Å²) in [5.74, 6) is -0.985. The SMILES string of the molecule is CCc1ccccc1Oc1cc(OC(F)F)c(F)cc1N. The summed E-state index contributed by atoms with van der Waals surface area (Å²) in [6.07, 6.45) is 0.720. The number of hydrogen-bond acceptors (Lipinski definition) is 3. The van der Waals surface area contributed by atoms with Crippen LogP contribution in [0.1, 0.15) is 12.5 Å². The molecule has 0 atom stereocenters. The van der Waals surface area contributed by atoms with Crippen molar-refractivity contribution >= 4 is 5.69 Å². The zero-order valence-corrected chi connectivity index (χ0v) is 11.3. The van der Waals surface area contributed by atoms with E-state index in [1.54, 1.807) is 12.1 Å². The molecular formula is C15H14F3NO2. The predicted octanol–water partition coefficient (Wildman–Crippen LogP) is 4.36. The summed E-state index contributed by atoms with van der Waals surface area (Å²) in [7, 11) is 0. The van der Waals surface area contributed by atoms with Crippen molar-refractivity contribution in [1.82, 2.24) is 0 Å². The van der Waals surface area contributed by atoms with E-state index < -0.39 is 18.2 Å². The third-order valence-electron chi connectivity index (χ3n) is 2.85. The van der Waals surface area contributed by atoms with Crippen molar-refractivity contribution in [2.45, 2.75) is 20.0 Å². The summed E-state index contributed by atoms with van der Waals surface area (Å²) in [6, 6.07) is 9.11. The van der Waals surface area contributed by atoms with Crippen molar-refractivity contribution in [3.05, 3.63) is 47.8 Å². The van der Waals surface area contributed by atoms with Gasteiger partial charge < -0.3 is 15.2 Å². The Bertz CT molecular complexity index is 632. The maximum absolute atomic E-state index is 13.5. The lowest BCUT2D eigenvalue weighted by Gasteiger charge is -2.14. The van der Waals surface area contributed by atoms with Crippen LogP contribution in [-0.4, -0.2) is 6.61 Å². The first-order chi connectivity index (χ1) is 10.0. The largest absolute Gasteiger partial charge is 0.455 e. The van der Waals surface area contributed by atoms with Crippen molar-refractivity contribution in [3.8, 4) is 17.2 Å². The topological polar surface area (TPSA) is 44.5 Å². The minimum Gasteiger partial charge on any atom is -0.455 e. The first-order valence-corrected chi connectivity index (χ1v) is 6.30. The molecule has 0 saturated heterocycles. The molecule has 0 amide bonds. The molecule has 0 aliphatic rings. The van der Waals surface area contributed by atoms with Crippen LogP contribution in [0.15, 0.2) is 36.4 Å². The zero-order valence-electron chi connectivity index (χ0n) is 11.3. The number of alkyl halides is 2. The molecule has 0 fully saturated rings. The molecule has 0 heterocycles. The van der Waals surface area contributed by atoms with Crippen LogP contribution in [0.4, 0.5) is 18.9 Å². The third-order valence-corrected chi connectivity index (χ3v) is 2.85. The maximum atomic E-state index is 13.5. The van der Waals surface area contributed by atoms with Gasteiger partial charge in [-0.15, -0.1) is 0 Å². The number of ether oxygens (including phenoxy) is 2. The van der Waals surface area contributed by atoms with Gasteiger partial charge >= 0.3 is 6.61 Å². The monoisotopic (exact) mass is 297 g/mol. The quantitative estimate of drug-likeness (QED) is 0.834. The molecule has 0 unspecified atom stereocenters. The third kappa shape index (κ3) is 3.59. The van der Waals surface area contributed by atoms with Crippen LogP contribution in [0.2, 0.25) is 0 Å². The number of nitrogens with two attached hydrogens (primary N) is 1. The number of hydrogen-bond donors (Lipinski definition) is 1. The Balaban J connectivity index is 2.35.